The number of carbonyl (C=O) groups is 1. The zero-order valence-electron chi connectivity index (χ0n) is 11.3. The Hall–Kier alpha value is -0.610. The highest BCUT2D eigenvalue weighted by atomic mass is 16.3. The molecule has 0 saturated heterocycles. The average Bonchev–Trinajstić information content (AvgIpc) is 2.25. The predicted octanol–water partition coefficient (Wildman–Crippen LogP) is 1.12. The van der Waals surface area contributed by atoms with Crippen molar-refractivity contribution >= 4 is 5.91 Å². The topological polar surface area (TPSA) is 66.6 Å². The van der Waals surface area contributed by atoms with Gasteiger partial charge in [-0.3, -0.25) is 4.79 Å². The Labute approximate surface area is 110 Å². The lowest BCUT2D eigenvalue weighted by Gasteiger charge is -2.41. The van der Waals surface area contributed by atoms with Crippen LogP contribution in [0.4, 0.5) is 0 Å². The number of nitrogens with two attached hydrogens (primary N) is 1. The second-order valence-corrected chi connectivity index (χ2v) is 6.00. The molecule has 18 heavy (non-hydrogen) atoms. The van der Waals surface area contributed by atoms with Crippen molar-refractivity contribution in [3.63, 3.8) is 0 Å². The van der Waals surface area contributed by atoms with Crippen LogP contribution in [0.1, 0.15) is 45.4 Å². The van der Waals surface area contributed by atoms with Crippen LogP contribution in [0.2, 0.25) is 0 Å². The Balaban J connectivity index is 1.98. The van der Waals surface area contributed by atoms with Crippen LogP contribution < -0.4 is 5.73 Å². The van der Waals surface area contributed by atoms with E-state index in [2.05, 4.69) is 6.92 Å². The molecule has 0 spiro atoms. The van der Waals surface area contributed by atoms with E-state index in [0.29, 0.717) is 18.5 Å². The van der Waals surface area contributed by atoms with E-state index in [-0.39, 0.29) is 24.5 Å². The first kappa shape index (κ1) is 13.8. The number of aliphatic hydroxyl groups excluding tert-OH is 1. The lowest BCUT2D eigenvalue weighted by molar-refractivity contribution is -0.143. The molecule has 2 aliphatic carbocycles. The van der Waals surface area contributed by atoms with E-state index in [9.17, 15) is 4.79 Å². The fourth-order valence-corrected chi connectivity index (χ4v) is 3.30. The summed E-state index contributed by atoms with van der Waals surface area (Å²) in [5.74, 6) is 0.757. The third-order valence-electron chi connectivity index (χ3n) is 4.67. The molecule has 0 heterocycles. The molecule has 2 aliphatic rings. The van der Waals surface area contributed by atoms with Gasteiger partial charge in [-0.25, -0.2) is 0 Å². The van der Waals surface area contributed by atoms with Crippen molar-refractivity contribution in [1.29, 1.82) is 0 Å². The summed E-state index contributed by atoms with van der Waals surface area (Å²) < 4.78 is 0. The molecule has 2 fully saturated rings. The minimum absolute atomic E-state index is 0.0723. The number of nitrogens with zero attached hydrogens (tertiary/aromatic N) is 1. The van der Waals surface area contributed by atoms with Crippen molar-refractivity contribution < 1.29 is 9.90 Å². The molecule has 2 saturated carbocycles. The van der Waals surface area contributed by atoms with E-state index < -0.39 is 0 Å². The van der Waals surface area contributed by atoms with Crippen LogP contribution in [0, 0.1) is 11.8 Å². The highest BCUT2D eigenvalue weighted by Gasteiger charge is 2.37. The van der Waals surface area contributed by atoms with Crippen LogP contribution in [0.3, 0.4) is 0 Å². The lowest BCUT2D eigenvalue weighted by Crippen LogP contribution is -2.50. The van der Waals surface area contributed by atoms with Crippen molar-refractivity contribution in [1.82, 2.24) is 4.90 Å². The summed E-state index contributed by atoms with van der Waals surface area (Å²) >= 11 is 0. The van der Waals surface area contributed by atoms with Gasteiger partial charge >= 0.3 is 0 Å². The zero-order valence-corrected chi connectivity index (χ0v) is 11.3. The third-order valence-corrected chi connectivity index (χ3v) is 4.67. The van der Waals surface area contributed by atoms with Crippen molar-refractivity contribution in [3.8, 4) is 0 Å². The smallest absolute Gasteiger partial charge is 0.226 e. The van der Waals surface area contributed by atoms with Gasteiger partial charge in [0.05, 0.1) is 6.61 Å². The van der Waals surface area contributed by atoms with Crippen molar-refractivity contribution in [2.75, 3.05) is 13.2 Å². The van der Waals surface area contributed by atoms with Crippen molar-refractivity contribution in [2.45, 2.75) is 57.5 Å². The van der Waals surface area contributed by atoms with Crippen LogP contribution in [-0.4, -0.2) is 41.1 Å². The van der Waals surface area contributed by atoms with Gasteiger partial charge in [0, 0.05) is 24.5 Å². The summed E-state index contributed by atoms with van der Waals surface area (Å²) in [4.78, 5) is 14.5. The number of carbonyl (C=O) groups excluding carboxylic acids is 1. The molecule has 4 nitrogen and oxygen atoms in total. The molecule has 0 aromatic heterocycles. The first-order valence-corrected chi connectivity index (χ1v) is 7.30. The van der Waals surface area contributed by atoms with Crippen LogP contribution in [0.25, 0.3) is 0 Å². The summed E-state index contributed by atoms with van der Waals surface area (Å²) in [6.45, 7) is 2.71. The Morgan fingerprint density at radius 2 is 2.06 bits per heavy atom. The SMILES string of the molecule is CC1CC(N)CCC1C(=O)N(CCO)C1CCC1. The minimum atomic E-state index is 0.0723. The summed E-state index contributed by atoms with van der Waals surface area (Å²) in [5.41, 5.74) is 5.95. The van der Waals surface area contributed by atoms with Gasteiger partial charge in [-0.05, 0) is 44.4 Å². The maximum Gasteiger partial charge on any atom is 0.226 e. The Morgan fingerprint density at radius 3 is 2.56 bits per heavy atom. The van der Waals surface area contributed by atoms with Crippen LogP contribution in [-0.2, 0) is 4.79 Å². The molecule has 0 aliphatic heterocycles. The van der Waals surface area contributed by atoms with Crippen molar-refractivity contribution in [3.05, 3.63) is 0 Å². The molecular weight excluding hydrogens is 228 g/mol. The number of hydrogen-bond donors (Lipinski definition) is 2. The van der Waals surface area contributed by atoms with Gasteiger partial charge in [-0.2, -0.15) is 0 Å². The normalized spacial score (nSPS) is 32.9. The fraction of sp³-hybridized carbons (Fsp3) is 0.929. The molecule has 3 N–H and O–H groups in total. The molecular formula is C14H26N2O2. The second-order valence-electron chi connectivity index (χ2n) is 6.00. The standard InChI is InChI=1S/C14H26N2O2/c1-10-9-11(15)5-6-13(10)14(18)16(7-8-17)12-3-2-4-12/h10-13,17H,2-9,15H2,1H3. The van der Waals surface area contributed by atoms with Gasteiger partial charge in [0.1, 0.15) is 0 Å². The number of rotatable bonds is 4. The molecule has 2 rings (SSSR count). The van der Waals surface area contributed by atoms with Gasteiger partial charge in [-0.15, -0.1) is 0 Å². The van der Waals surface area contributed by atoms with Gasteiger partial charge < -0.3 is 15.7 Å². The second kappa shape index (κ2) is 6.02. The maximum absolute atomic E-state index is 12.6. The lowest BCUT2D eigenvalue weighted by atomic mass is 9.77. The average molecular weight is 254 g/mol. The Bertz CT molecular complexity index is 292. The molecule has 0 aromatic rings. The third kappa shape index (κ3) is 2.86. The van der Waals surface area contributed by atoms with E-state index in [0.717, 1.165) is 32.1 Å². The minimum Gasteiger partial charge on any atom is -0.395 e. The van der Waals surface area contributed by atoms with Gasteiger partial charge in [-0.1, -0.05) is 6.92 Å². The number of amides is 1. The van der Waals surface area contributed by atoms with Gasteiger partial charge in [0.2, 0.25) is 5.91 Å². The van der Waals surface area contributed by atoms with Crippen molar-refractivity contribution in [2.24, 2.45) is 17.6 Å². The summed E-state index contributed by atoms with van der Waals surface area (Å²) in [6, 6.07) is 0.645. The number of aliphatic hydroxyl groups is 1. The summed E-state index contributed by atoms with van der Waals surface area (Å²) in [6.07, 6.45) is 6.24. The molecule has 0 radical (unpaired) electrons. The van der Waals surface area contributed by atoms with Crippen LogP contribution in [0.15, 0.2) is 0 Å². The molecule has 4 heteroatoms. The molecule has 104 valence electrons. The van der Waals surface area contributed by atoms with Gasteiger partial charge in [0.25, 0.3) is 0 Å². The first-order chi connectivity index (χ1) is 8.63. The Kier molecular flexibility index (Phi) is 4.62. The Morgan fingerprint density at radius 1 is 1.33 bits per heavy atom. The molecule has 0 aromatic carbocycles. The molecule has 0 bridgehead atoms. The summed E-state index contributed by atoms with van der Waals surface area (Å²) in [7, 11) is 0. The molecule has 3 atom stereocenters. The van der Waals surface area contributed by atoms with Crippen LogP contribution >= 0.6 is 0 Å². The van der Waals surface area contributed by atoms with E-state index in [1.807, 2.05) is 4.90 Å². The highest BCUT2D eigenvalue weighted by Crippen LogP contribution is 2.33. The van der Waals surface area contributed by atoms with E-state index in [1.54, 1.807) is 0 Å². The van der Waals surface area contributed by atoms with Gasteiger partial charge in [0.15, 0.2) is 0 Å². The highest BCUT2D eigenvalue weighted by molar-refractivity contribution is 5.79. The fourth-order valence-electron chi connectivity index (χ4n) is 3.30. The van der Waals surface area contributed by atoms with E-state index in [4.69, 9.17) is 10.8 Å². The largest absolute Gasteiger partial charge is 0.395 e. The quantitative estimate of drug-likeness (QED) is 0.790. The monoisotopic (exact) mass is 254 g/mol. The van der Waals surface area contributed by atoms with E-state index in [1.165, 1.54) is 6.42 Å². The molecule has 1 amide bonds. The summed E-state index contributed by atoms with van der Waals surface area (Å²) in [5, 5.41) is 9.15. The molecule has 3 unspecified atom stereocenters. The number of hydrogen-bond acceptors (Lipinski definition) is 3. The maximum atomic E-state index is 12.6. The zero-order chi connectivity index (χ0) is 13.1. The predicted molar refractivity (Wildman–Crippen MR) is 70.9 cm³/mol. The first-order valence-electron chi connectivity index (χ1n) is 7.30. The van der Waals surface area contributed by atoms with Crippen LogP contribution in [0.5, 0.6) is 0 Å². The van der Waals surface area contributed by atoms with E-state index >= 15 is 0 Å².